The van der Waals surface area contributed by atoms with Gasteiger partial charge in [0.05, 0.1) is 5.60 Å². The molecule has 0 aliphatic rings. The summed E-state index contributed by atoms with van der Waals surface area (Å²) in [5.74, 6) is 0.556. The minimum absolute atomic E-state index is 0.546. The maximum absolute atomic E-state index is 10.1. The molecule has 0 aromatic rings. The van der Waals surface area contributed by atoms with Gasteiger partial charge in [0.2, 0.25) is 0 Å². The highest BCUT2D eigenvalue weighted by atomic mass is 16.3. The zero-order valence-corrected chi connectivity index (χ0v) is 13.1. The third-order valence-electron chi connectivity index (χ3n) is 3.31. The summed E-state index contributed by atoms with van der Waals surface area (Å²) in [5, 5.41) is 13.5. The van der Waals surface area contributed by atoms with Gasteiger partial charge < -0.3 is 10.4 Å². The lowest BCUT2D eigenvalue weighted by molar-refractivity contribution is 0.0387. The van der Waals surface area contributed by atoms with E-state index >= 15 is 0 Å². The summed E-state index contributed by atoms with van der Waals surface area (Å²) in [6.07, 6.45) is 10.3. The molecule has 2 nitrogen and oxygen atoms in total. The summed E-state index contributed by atoms with van der Waals surface area (Å²) in [5.41, 5.74) is -0.546. The number of aliphatic hydroxyl groups is 1. The van der Waals surface area contributed by atoms with E-state index in [-0.39, 0.29) is 0 Å². The first kappa shape index (κ1) is 17.9. The Morgan fingerprint density at radius 3 is 2.11 bits per heavy atom. The standard InChI is InChI=1S/C16H35NO/c1-5-6-7-8-9-10-11-12-17-14-16(4,18)13-15(2)3/h15,17-18H,5-14H2,1-4H3. The van der Waals surface area contributed by atoms with E-state index in [4.69, 9.17) is 0 Å². The van der Waals surface area contributed by atoms with Crippen molar-refractivity contribution in [3.8, 4) is 0 Å². The van der Waals surface area contributed by atoms with Crippen molar-refractivity contribution in [2.24, 2.45) is 5.92 Å². The van der Waals surface area contributed by atoms with Gasteiger partial charge in [-0.3, -0.25) is 0 Å². The lowest BCUT2D eigenvalue weighted by Crippen LogP contribution is -2.39. The molecule has 0 fully saturated rings. The maximum Gasteiger partial charge on any atom is 0.0746 e. The number of hydrogen-bond acceptors (Lipinski definition) is 2. The van der Waals surface area contributed by atoms with Crippen LogP contribution < -0.4 is 5.32 Å². The highest BCUT2D eigenvalue weighted by Crippen LogP contribution is 2.15. The molecule has 0 bridgehead atoms. The van der Waals surface area contributed by atoms with Gasteiger partial charge >= 0.3 is 0 Å². The fourth-order valence-corrected chi connectivity index (χ4v) is 2.52. The fourth-order valence-electron chi connectivity index (χ4n) is 2.52. The van der Waals surface area contributed by atoms with Crippen LogP contribution in [-0.2, 0) is 0 Å². The minimum atomic E-state index is -0.546. The molecule has 110 valence electrons. The van der Waals surface area contributed by atoms with Crippen molar-refractivity contribution in [1.82, 2.24) is 5.32 Å². The summed E-state index contributed by atoms with van der Waals surface area (Å²) in [6.45, 7) is 10.3. The van der Waals surface area contributed by atoms with E-state index in [0.29, 0.717) is 5.92 Å². The summed E-state index contributed by atoms with van der Waals surface area (Å²) < 4.78 is 0. The van der Waals surface area contributed by atoms with Crippen LogP contribution in [0.1, 0.15) is 79.1 Å². The molecule has 18 heavy (non-hydrogen) atoms. The molecule has 2 heteroatoms. The van der Waals surface area contributed by atoms with Gasteiger partial charge in [0.15, 0.2) is 0 Å². The summed E-state index contributed by atoms with van der Waals surface area (Å²) in [6, 6.07) is 0. The molecule has 0 saturated carbocycles. The van der Waals surface area contributed by atoms with E-state index in [1.165, 1.54) is 44.9 Å². The smallest absolute Gasteiger partial charge is 0.0746 e. The number of unbranched alkanes of at least 4 members (excludes halogenated alkanes) is 6. The molecule has 2 N–H and O–H groups in total. The van der Waals surface area contributed by atoms with Gasteiger partial charge in [-0.1, -0.05) is 59.3 Å². The molecule has 1 atom stereocenters. The zero-order chi connectivity index (χ0) is 13.9. The first-order valence-electron chi connectivity index (χ1n) is 7.91. The van der Waals surface area contributed by atoms with Crippen LogP contribution in [0.3, 0.4) is 0 Å². The second-order valence-corrected chi connectivity index (χ2v) is 6.39. The van der Waals surface area contributed by atoms with E-state index in [1.54, 1.807) is 0 Å². The Kier molecular flexibility index (Phi) is 10.8. The van der Waals surface area contributed by atoms with E-state index in [0.717, 1.165) is 19.5 Å². The molecule has 0 saturated heterocycles. The van der Waals surface area contributed by atoms with Crippen LogP contribution in [0, 0.1) is 5.92 Å². The van der Waals surface area contributed by atoms with Crippen LogP contribution in [-0.4, -0.2) is 23.8 Å². The van der Waals surface area contributed by atoms with Crippen LogP contribution in [0.4, 0.5) is 0 Å². The Morgan fingerprint density at radius 2 is 1.56 bits per heavy atom. The predicted molar refractivity (Wildman–Crippen MR) is 80.9 cm³/mol. The fraction of sp³-hybridized carbons (Fsp3) is 1.00. The lowest BCUT2D eigenvalue weighted by Gasteiger charge is -2.25. The second kappa shape index (κ2) is 10.8. The van der Waals surface area contributed by atoms with Gasteiger partial charge in [0.1, 0.15) is 0 Å². The van der Waals surface area contributed by atoms with E-state index in [9.17, 15) is 5.11 Å². The van der Waals surface area contributed by atoms with Crippen molar-refractivity contribution in [3.63, 3.8) is 0 Å². The topological polar surface area (TPSA) is 32.3 Å². The zero-order valence-electron chi connectivity index (χ0n) is 13.1. The number of rotatable bonds is 12. The van der Waals surface area contributed by atoms with Crippen molar-refractivity contribution in [2.75, 3.05) is 13.1 Å². The minimum Gasteiger partial charge on any atom is -0.389 e. The van der Waals surface area contributed by atoms with Crippen molar-refractivity contribution >= 4 is 0 Å². The van der Waals surface area contributed by atoms with Gasteiger partial charge in [-0.15, -0.1) is 0 Å². The van der Waals surface area contributed by atoms with Gasteiger partial charge in [0.25, 0.3) is 0 Å². The molecule has 0 rings (SSSR count). The van der Waals surface area contributed by atoms with Crippen LogP contribution in [0.2, 0.25) is 0 Å². The SMILES string of the molecule is CCCCCCCCCNCC(C)(O)CC(C)C. The number of nitrogens with one attached hydrogen (secondary N) is 1. The Balaban J connectivity index is 3.29. The Labute approximate surface area is 115 Å². The average molecular weight is 257 g/mol. The largest absolute Gasteiger partial charge is 0.389 e. The van der Waals surface area contributed by atoms with Gasteiger partial charge in [0, 0.05) is 6.54 Å². The van der Waals surface area contributed by atoms with Crippen molar-refractivity contribution in [2.45, 2.75) is 84.7 Å². The first-order valence-corrected chi connectivity index (χ1v) is 7.91. The third-order valence-corrected chi connectivity index (χ3v) is 3.31. The van der Waals surface area contributed by atoms with Gasteiger partial charge in [-0.05, 0) is 32.2 Å². The molecular formula is C16H35NO. The molecular weight excluding hydrogens is 222 g/mol. The Morgan fingerprint density at radius 1 is 1.00 bits per heavy atom. The molecule has 0 amide bonds. The van der Waals surface area contributed by atoms with E-state index < -0.39 is 5.60 Å². The van der Waals surface area contributed by atoms with E-state index in [1.807, 2.05) is 6.92 Å². The monoisotopic (exact) mass is 257 g/mol. The third kappa shape index (κ3) is 12.4. The van der Waals surface area contributed by atoms with Crippen LogP contribution in [0.25, 0.3) is 0 Å². The van der Waals surface area contributed by atoms with Gasteiger partial charge in [-0.25, -0.2) is 0 Å². The van der Waals surface area contributed by atoms with Crippen molar-refractivity contribution in [3.05, 3.63) is 0 Å². The maximum atomic E-state index is 10.1. The molecule has 0 heterocycles. The van der Waals surface area contributed by atoms with Crippen molar-refractivity contribution < 1.29 is 5.11 Å². The Hall–Kier alpha value is -0.0800. The summed E-state index contributed by atoms with van der Waals surface area (Å²) in [4.78, 5) is 0. The van der Waals surface area contributed by atoms with Crippen LogP contribution in [0.5, 0.6) is 0 Å². The Bertz CT molecular complexity index is 178. The molecule has 1 unspecified atom stereocenters. The summed E-state index contributed by atoms with van der Waals surface area (Å²) >= 11 is 0. The number of hydrogen-bond donors (Lipinski definition) is 2. The normalized spacial score (nSPS) is 15.0. The van der Waals surface area contributed by atoms with Crippen LogP contribution >= 0.6 is 0 Å². The average Bonchev–Trinajstić information content (AvgIpc) is 2.25. The molecule has 0 spiro atoms. The highest BCUT2D eigenvalue weighted by Gasteiger charge is 2.20. The quantitative estimate of drug-likeness (QED) is 0.515. The lowest BCUT2D eigenvalue weighted by atomic mass is 9.94. The highest BCUT2D eigenvalue weighted by molar-refractivity contribution is 4.76. The second-order valence-electron chi connectivity index (χ2n) is 6.39. The van der Waals surface area contributed by atoms with E-state index in [2.05, 4.69) is 26.1 Å². The molecule has 0 aliphatic carbocycles. The van der Waals surface area contributed by atoms with Crippen molar-refractivity contribution in [1.29, 1.82) is 0 Å². The van der Waals surface area contributed by atoms with Gasteiger partial charge in [-0.2, -0.15) is 0 Å². The molecule has 0 aromatic heterocycles. The molecule has 0 radical (unpaired) electrons. The predicted octanol–water partition coefficient (Wildman–Crippen LogP) is 4.12. The first-order chi connectivity index (χ1) is 8.48. The molecule has 0 aromatic carbocycles. The summed E-state index contributed by atoms with van der Waals surface area (Å²) in [7, 11) is 0. The molecule has 0 aliphatic heterocycles. The van der Waals surface area contributed by atoms with Crippen LogP contribution in [0.15, 0.2) is 0 Å².